The molecule has 1 aliphatic rings. The third-order valence-corrected chi connectivity index (χ3v) is 6.22. The second kappa shape index (κ2) is 6.16. The van der Waals surface area contributed by atoms with Crippen LogP contribution in [0.3, 0.4) is 0 Å². The summed E-state index contributed by atoms with van der Waals surface area (Å²) in [4.78, 5) is 30.3. The standard InChI is InChI=1S/C19H16F3N3O2S/c1-9-6-15(26)24(3)13-8-25(10(2)16(9)13)17(27)11-4-5-12-14(7-11)28-18(23-12)19(20,21)22/h4-7,10H,8H2,1-3H3. The predicted octanol–water partition coefficient (Wildman–Crippen LogP) is 4.04. The summed E-state index contributed by atoms with van der Waals surface area (Å²) in [5, 5.41) is -0.931. The molecule has 0 N–H and O–H groups in total. The third kappa shape index (κ3) is 2.81. The third-order valence-electron chi connectivity index (χ3n) is 5.16. The van der Waals surface area contributed by atoms with Gasteiger partial charge in [-0.1, -0.05) is 0 Å². The first-order valence-electron chi connectivity index (χ1n) is 8.56. The molecule has 0 saturated heterocycles. The molecule has 1 aliphatic heterocycles. The van der Waals surface area contributed by atoms with Crippen molar-refractivity contribution in [2.24, 2.45) is 7.05 Å². The summed E-state index contributed by atoms with van der Waals surface area (Å²) in [5.74, 6) is -0.292. The van der Waals surface area contributed by atoms with Gasteiger partial charge < -0.3 is 9.47 Å². The number of alkyl halides is 3. The number of halogens is 3. The Balaban J connectivity index is 1.71. The van der Waals surface area contributed by atoms with Crippen LogP contribution in [0.5, 0.6) is 0 Å². The van der Waals surface area contributed by atoms with Crippen LogP contribution in [0.2, 0.25) is 0 Å². The number of carbonyl (C=O) groups excluding carboxylic acids is 1. The highest BCUT2D eigenvalue weighted by Gasteiger charge is 2.36. The lowest BCUT2D eigenvalue weighted by atomic mass is 10.0. The Morgan fingerprint density at radius 2 is 2.00 bits per heavy atom. The Labute approximate surface area is 162 Å². The maximum Gasteiger partial charge on any atom is 0.443 e. The number of hydrogen-bond donors (Lipinski definition) is 0. The van der Waals surface area contributed by atoms with Gasteiger partial charge in [0, 0.05) is 24.4 Å². The summed E-state index contributed by atoms with van der Waals surface area (Å²) in [5.41, 5.74) is 2.92. The van der Waals surface area contributed by atoms with E-state index in [0.717, 1.165) is 16.8 Å². The van der Waals surface area contributed by atoms with E-state index in [1.165, 1.54) is 22.8 Å². The largest absolute Gasteiger partial charge is 0.443 e. The van der Waals surface area contributed by atoms with Crippen LogP contribution in [0.15, 0.2) is 29.1 Å². The number of fused-ring (bicyclic) bond motifs is 2. The van der Waals surface area contributed by atoms with Crippen molar-refractivity contribution < 1.29 is 18.0 Å². The van der Waals surface area contributed by atoms with E-state index in [1.54, 1.807) is 18.0 Å². The molecule has 1 unspecified atom stereocenters. The van der Waals surface area contributed by atoms with Crippen LogP contribution >= 0.6 is 11.3 Å². The first-order chi connectivity index (χ1) is 13.1. The fourth-order valence-corrected chi connectivity index (χ4v) is 4.58. The summed E-state index contributed by atoms with van der Waals surface area (Å²) >= 11 is 0.521. The van der Waals surface area contributed by atoms with Crippen molar-refractivity contribution in [1.29, 1.82) is 0 Å². The topological polar surface area (TPSA) is 55.2 Å². The number of benzene rings is 1. The van der Waals surface area contributed by atoms with E-state index in [9.17, 15) is 22.8 Å². The van der Waals surface area contributed by atoms with E-state index in [2.05, 4.69) is 4.98 Å². The number of carbonyl (C=O) groups is 1. The summed E-state index contributed by atoms with van der Waals surface area (Å²) in [6.45, 7) is 4.00. The van der Waals surface area contributed by atoms with Gasteiger partial charge in [-0.3, -0.25) is 9.59 Å². The summed E-state index contributed by atoms with van der Waals surface area (Å²) < 4.78 is 40.5. The van der Waals surface area contributed by atoms with Gasteiger partial charge in [-0.2, -0.15) is 13.2 Å². The van der Waals surface area contributed by atoms with Crippen LogP contribution < -0.4 is 5.56 Å². The number of rotatable bonds is 1. The van der Waals surface area contributed by atoms with Crippen molar-refractivity contribution in [3.63, 3.8) is 0 Å². The van der Waals surface area contributed by atoms with E-state index in [0.29, 0.717) is 21.6 Å². The van der Waals surface area contributed by atoms with Crippen LogP contribution in [0.1, 0.15) is 45.2 Å². The molecule has 0 spiro atoms. The molecule has 1 atom stereocenters. The Morgan fingerprint density at radius 1 is 1.29 bits per heavy atom. The number of pyridine rings is 1. The average molecular weight is 407 g/mol. The van der Waals surface area contributed by atoms with Gasteiger partial charge in [-0.05, 0) is 43.2 Å². The number of aryl methyl sites for hydroxylation is 1. The van der Waals surface area contributed by atoms with Gasteiger partial charge in [0.2, 0.25) is 0 Å². The van der Waals surface area contributed by atoms with Gasteiger partial charge in [-0.25, -0.2) is 4.98 Å². The molecule has 1 aromatic carbocycles. The number of hydrogen-bond acceptors (Lipinski definition) is 4. The zero-order valence-corrected chi connectivity index (χ0v) is 16.1. The van der Waals surface area contributed by atoms with E-state index >= 15 is 0 Å². The highest BCUT2D eigenvalue weighted by Crippen LogP contribution is 2.38. The van der Waals surface area contributed by atoms with Gasteiger partial charge in [0.25, 0.3) is 11.5 Å². The smallest absolute Gasteiger partial charge is 0.326 e. The van der Waals surface area contributed by atoms with Gasteiger partial charge in [0.05, 0.1) is 22.8 Å². The van der Waals surface area contributed by atoms with Crippen molar-refractivity contribution in [2.75, 3.05) is 0 Å². The van der Waals surface area contributed by atoms with Gasteiger partial charge >= 0.3 is 6.18 Å². The molecule has 28 heavy (non-hydrogen) atoms. The zero-order chi connectivity index (χ0) is 20.4. The Kier molecular flexibility index (Phi) is 4.11. The molecule has 4 rings (SSSR count). The van der Waals surface area contributed by atoms with Gasteiger partial charge in [-0.15, -0.1) is 11.3 Å². The van der Waals surface area contributed by atoms with Crippen LogP contribution in [0.25, 0.3) is 10.2 Å². The van der Waals surface area contributed by atoms with Crippen molar-refractivity contribution in [3.05, 3.63) is 62.0 Å². The van der Waals surface area contributed by atoms with Crippen LogP contribution in [0, 0.1) is 6.92 Å². The van der Waals surface area contributed by atoms with Gasteiger partial charge in [0.15, 0.2) is 5.01 Å². The molecule has 2 aromatic heterocycles. The number of aromatic nitrogens is 2. The Bertz CT molecular complexity index is 1180. The van der Waals surface area contributed by atoms with Crippen LogP contribution in [-0.2, 0) is 19.8 Å². The van der Waals surface area contributed by atoms with Crippen LogP contribution in [0.4, 0.5) is 13.2 Å². The maximum absolute atomic E-state index is 13.1. The van der Waals surface area contributed by atoms with Crippen molar-refractivity contribution >= 4 is 27.5 Å². The summed E-state index contributed by atoms with van der Waals surface area (Å²) in [6, 6.07) is 5.68. The van der Waals surface area contributed by atoms with Crippen LogP contribution in [-0.4, -0.2) is 20.4 Å². The van der Waals surface area contributed by atoms with Crippen molar-refractivity contribution in [2.45, 2.75) is 32.6 Å². The molecular formula is C19H16F3N3O2S. The number of thiazole rings is 1. The molecule has 1 amide bonds. The molecule has 3 aromatic rings. The average Bonchev–Trinajstić information content (AvgIpc) is 3.20. The molecule has 0 fully saturated rings. The quantitative estimate of drug-likeness (QED) is 0.612. The van der Waals surface area contributed by atoms with E-state index < -0.39 is 11.2 Å². The molecule has 5 nitrogen and oxygen atoms in total. The minimum atomic E-state index is -4.51. The summed E-state index contributed by atoms with van der Waals surface area (Å²) in [7, 11) is 1.67. The maximum atomic E-state index is 13.1. The zero-order valence-electron chi connectivity index (χ0n) is 15.3. The minimum Gasteiger partial charge on any atom is -0.326 e. The number of nitrogens with zero attached hydrogens (tertiary/aromatic N) is 3. The lowest BCUT2D eigenvalue weighted by Gasteiger charge is -2.22. The first kappa shape index (κ1) is 18.7. The lowest BCUT2D eigenvalue weighted by Crippen LogP contribution is -2.28. The highest BCUT2D eigenvalue weighted by molar-refractivity contribution is 7.18. The molecule has 0 aliphatic carbocycles. The Morgan fingerprint density at radius 3 is 2.68 bits per heavy atom. The van der Waals surface area contributed by atoms with Crippen molar-refractivity contribution in [1.82, 2.24) is 14.5 Å². The molecule has 9 heteroatoms. The fraction of sp³-hybridized carbons (Fsp3) is 0.316. The van der Waals surface area contributed by atoms with Crippen molar-refractivity contribution in [3.8, 4) is 0 Å². The monoisotopic (exact) mass is 407 g/mol. The highest BCUT2D eigenvalue weighted by atomic mass is 32.1. The Hall–Kier alpha value is -2.68. The number of amides is 1. The molecule has 0 bridgehead atoms. The molecular weight excluding hydrogens is 391 g/mol. The normalized spacial score (nSPS) is 16.6. The molecule has 146 valence electrons. The fourth-order valence-electron chi connectivity index (χ4n) is 3.71. The second-order valence-electron chi connectivity index (χ2n) is 6.89. The lowest BCUT2D eigenvalue weighted by molar-refractivity contribution is -0.137. The summed E-state index contributed by atoms with van der Waals surface area (Å²) in [6.07, 6.45) is -4.51. The second-order valence-corrected chi connectivity index (χ2v) is 7.92. The first-order valence-corrected chi connectivity index (χ1v) is 9.37. The molecule has 0 radical (unpaired) electrons. The SMILES string of the molecule is Cc1cc(=O)n(C)c2c1C(C)N(C(=O)c1ccc3nc(C(F)(F)F)sc3c1)C2. The van der Waals surface area contributed by atoms with E-state index in [-0.39, 0.29) is 29.6 Å². The predicted molar refractivity (Wildman–Crippen MR) is 99.3 cm³/mol. The van der Waals surface area contributed by atoms with E-state index in [4.69, 9.17) is 0 Å². The molecule has 3 heterocycles. The molecule has 0 saturated carbocycles. The van der Waals surface area contributed by atoms with E-state index in [1.807, 2.05) is 13.8 Å². The van der Waals surface area contributed by atoms with Gasteiger partial charge in [0.1, 0.15) is 0 Å². The minimum absolute atomic E-state index is 0.136.